The van der Waals surface area contributed by atoms with E-state index >= 15 is 0 Å². The first kappa shape index (κ1) is 14.0. The largest absolute Gasteiger partial charge is 0.381 e. The first-order valence-electron chi connectivity index (χ1n) is 6.05. The van der Waals surface area contributed by atoms with Crippen molar-refractivity contribution >= 4 is 0 Å². The number of unbranched alkanes of at least 4 members (excludes halogenated alkanes) is 2. The van der Waals surface area contributed by atoms with Crippen LogP contribution in [0.5, 0.6) is 0 Å². The maximum absolute atomic E-state index is 5.69. The zero-order valence-corrected chi connectivity index (χ0v) is 10.7. The molecule has 0 rings (SSSR count). The van der Waals surface area contributed by atoms with Gasteiger partial charge >= 0.3 is 0 Å². The molecule has 1 nitrogen and oxygen atoms in total. The fourth-order valence-corrected chi connectivity index (χ4v) is 1.50. The molecule has 0 radical (unpaired) electrons. The monoisotopic (exact) mass is 200 g/mol. The number of hydrogen-bond donors (Lipinski definition) is 0. The molecule has 0 atom stereocenters. The Kier molecular flexibility index (Phi) is 7.26. The summed E-state index contributed by atoms with van der Waals surface area (Å²) in [6.45, 7) is 13.1. The van der Waals surface area contributed by atoms with Crippen LogP contribution in [0.25, 0.3) is 0 Å². The quantitative estimate of drug-likeness (QED) is 0.532. The minimum absolute atomic E-state index is 0.365. The second-order valence-corrected chi connectivity index (χ2v) is 5.53. The highest BCUT2D eigenvalue weighted by atomic mass is 16.5. The molecule has 0 aliphatic rings. The third-order valence-corrected chi connectivity index (χ3v) is 2.40. The van der Waals surface area contributed by atoms with Crippen molar-refractivity contribution < 1.29 is 4.74 Å². The molecule has 0 fully saturated rings. The standard InChI is InChI=1S/C13H28O/c1-6-7-8-9-13(4,5)11-14-10-12(2)3/h12H,6-11H2,1-5H3. The van der Waals surface area contributed by atoms with E-state index in [0.29, 0.717) is 11.3 Å². The third-order valence-electron chi connectivity index (χ3n) is 2.40. The van der Waals surface area contributed by atoms with Crippen LogP contribution in [0.15, 0.2) is 0 Å². The van der Waals surface area contributed by atoms with E-state index in [1.165, 1.54) is 25.7 Å². The SMILES string of the molecule is CCCCCC(C)(C)COCC(C)C. The van der Waals surface area contributed by atoms with Crippen molar-refractivity contribution in [2.75, 3.05) is 13.2 Å². The second-order valence-electron chi connectivity index (χ2n) is 5.53. The number of ether oxygens (including phenoxy) is 1. The third kappa shape index (κ3) is 8.55. The Morgan fingerprint density at radius 3 is 2.29 bits per heavy atom. The summed E-state index contributed by atoms with van der Waals surface area (Å²) in [6.07, 6.45) is 5.30. The van der Waals surface area contributed by atoms with E-state index in [9.17, 15) is 0 Å². The van der Waals surface area contributed by atoms with Gasteiger partial charge in [0.05, 0.1) is 6.61 Å². The van der Waals surface area contributed by atoms with Crippen LogP contribution in [0.1, 0.15) is 60.3 Å². The molecule has 0 aromatic carbocycles. The van der Waals surface area contributed by atoms with Crippen LogP contribution >= 0.6 is 0 Å². The van der Waals surface area contributed by atoms with Crippen molar-refractivity contribution in [3.05, 3.63) is 0 Å². The van der Waals surface area contributed by atoms with Crippen LogP contribution in [-0.4, -0.2) is 13.2 Å². The van der Waals surface area contributed by atoms with Crippen LogP contribution in [-0.2, 0) is 4.74 Å². The minimum Gasteiger partial charge on any atom is -0.381 e. The van der Waals surface area contributed by atoms with E-state index in [1.807, 2.05) is 0 Å². The fraction of sp³-hybridized carbons (Fsp3) is 1.00. The van der Waals surface area contributed by atoms with Crippen LogP contribution in [0.2, 0.25) is 0 Å². The van der Waals surface area contributed by atoms with Gasteiger partial charge in [0, 0.05) is 6.61 Å². The molecule has 0 saturated carbocycles. The van der Waals surface area contributed by atoms with Gasteiger partial charge in [-0.15, -0.1) is 0 Å². The van der Waals surface area contributed by atoms with E-state index < -0.39 is 0 Å². The van der Waals surface area contributed by atoms with Gasteiger partial charge in [-0.2, -0.15) is 0 Å². The van der Waals surface area contributed by atoms with Gasteiger partial charge in [-0.3, -0.25) is 0 Å². The maximum Gasteiger partial charge on any atom is 0.0517 e. The Bertz CT molecular complexity index is 127. The van der Waals surface area contributed by atoms with Crippen molar-refractivity contribution in [2.45, 2.75) is 60.3 Å². The van der Waals surface area contributed by atoms with Crippen LogP contribution in [0.3, 0.4) is 0 Å². The summed E-state index contributed by atoms with van der Waals surface area (Å²) in [6, 6.07) is 0. The lowest BCUT2D eigenvalue weighted by atomic mass is 9.88. The van der Waals surface area contributed by atoms with Gasteiger partial charge in [-0.25, -0.2) is 0 Å². The van der Waals surface area contributed by atoms with Crippen molar-refractivity contribution in [1.29, 1.82) is 0 Å². The van der Waals surface area contributed by atoms with Crippen LogP contribution in [0, 0.1) is 11.3 Å². The lowest BCUT2D eigenvalue weighted by Crippen LogP contribution is -2.20. The maximum atomic E-state index is 5.69. The molecule has 0 N–H and O–H groups in total. The topological polar surface area (TPSA) is 9.23 Å². The summed E-state index contributed by atoms with van der Waals surface area (Å²) in [5.41, 5.74) is 0.365. The zero-order chi connectivity index (χ0) is 11.0. The first-order chi connectivity index (χ1) is 6.48. The fourth-order valence-electron chi connectivity index (χ4n) is 1.50. The molecule has 0 aromatic rings. The first-order valence-corrected chi connectivity index (χ1v) is 6.05. The van der Waals surface area contributed by atoms with Gasteiger partial charge in [0.2, 0.25) is 0 Å². The van der Waals surface area contributed by atoms with Crippen molar-refractivity contribution in [3.8, 4) is 0 Å². The van der Waals surface area contributed by atoms with Gasteiger partial charge in [0.1, 0.15) is 0 Å². The van der Waals surface area contributed by atoms with E-state index in [2.05, 4.69) is 34.6 Å². The van der Waals surface area contributed by atoms with Gasteiger partial charge in [-0.1, -0.05) is 53.9 Å². The highest BCUT2D eigenvalue weighted by molar-refractivity contribution is 4.67. The molecule has 0 heterocycles. The summed E-state index contributed by atoms with van der Waals surface area (Å²) in [4.78, 5) is 0. The summed E-state index contributed by atoms with van der Waals surface area (Å²) < 4.78 is 5.69. The summed E-state index contributed by atoms with van der Waals surface area (Å²) >= 11 is 0. The predicted octanol–water partition coefficient (Wildman–Crippen LogP) is 4.27. The second kappa shape index (κ2) is 7.28. The minimum atomic E-state index is 0.365. The molecule has 14 heavy (non-hydrogen) atoms. The summed E-state index contributed by atoms with van der Waals surface area (Å²) in [5.74, 6) is 0.654. The highest BCUT2D eigenvalue weighted by Crippen LogP contribution is 2.24. The Labute approximate surface area is 90.2 Å². The van der Waals surface area contributed by atoms with Gasteiger partial charge < -0.3 is 4.74 Å². The molecular formula is C13H28O. The lowest BCUT2D eigenvalue weighted by molar-refractivity contribution is 0.0416. The molecule has 0 aliphatic carbocycles. The average molecular weight is 200 g/mol. The van der Waals surface area contributed by atoms with Gasteiger partial charge in [0.25, 0.3) is 0 Å². The molecule has 1 heteroatoms. The smallest absolute Gasteiger partial charge is 0.0517 e. The zero-order valence-electron chi connectivity index (χ0n) is 10.7. The van der Waals surface area contributed by atoms with Gasteiger partial charge in [-0.05, 0) is 17.8 Å². The predicted molar refractivity (Wildman–Crippen MR) is 63.6 cm³/mol. The van der Waals surface area contributed by atoms with E-state index in [4.69, 9.17) is 4.74 Å². The molecule has 0 saturated heterocycles. The number of rotatable bonds is 8. The molecule has 0 spiro atoms. The molecule has 0 aromatic heterocycles. The highest BCUT2D eigenvalue weighted by Gasteiger charge is 2.17. The molecule has 0 aliphatic heterocycles. The van der Waals surface area contributed by atoms with E-state index in [1.54, 1.807) is 0 Å². The summed E-state index contributed by atoms with van der Waals surface area (Å²) in [7, 11) is 0. The lowest BCUT2D eigenvalue weighted by Gasteiger charge is -2.24. The van der Waals surface area contributed by atoms with Crippen molar-refractivity contribution in [3.63, 3.8) is 0 Å². The molecule has 0 bridgehead atoms. The molecular weight excluding hydrogens is 172 g/mol. The molecule has 86 valence electrons. The normalized spacial score (nSPS) is 12.4. The number of hydrogen-bond acceptors (Lipinski definition) is 1. The van der Waals surface area contributed by atoms with Gasteiger partial charge in [0.15, 0.2) is 0 Å². The van der Waals surface area contributed by atoms with Crippen LogP contribution in [0.4, 0.5) is 0 Å². The summed E-state index contributed by atoms with van der Waals surface area (Å²) in [5, 5.41) is 0. The van der Waals surface area contributed by atoms with E-state index in [0.717, 1.165) is 13.2 Å². The Morgan fingerprint density at radius 1 is 1.14 bits per heavy atom. The van der Waals surface area contributed by atoms with E-state index in [-0.39, 0.29) is 0 Å². The average Bonchev–Trinajstić information content (AvgIpc) is 2.03. The Hall–Kier alpha value is -0.0400. The van der Waals surface area contributed by atoms with Crippen molar-refractivity contribution in [1.82, 2.24) is 0 Å². The Morgan fingerprint density at radius 2 is 1.79 bits per heavy atom. The van der Waals surface area contributed by atoms with Crippen molar-refractivity contribution in [2.24, 2.45) is 11.3 Å². The van der Waals surface area contributed by atoms with Crippen LogP contribution < -0.4 is 0 Å². The molecule has 0 unspecified atom stereocenters. The molecule has 0 amide bonds. The Balaban J connectivity index is 3.50.